The predicted molar refractivity (Wildman–Crippen MR) is 77.8 cm³/mol. The summed E-state index contributed by atoms with van der Waals surface area (Å²) in [6.45, 7) is 2.57. The summed E-state index contributed by atoms with van der Waals surface area (Å²) in [4.78, 5) is 35.0. The maximum Gasteiger partial charge on any atom is 0.274 e. The predicted octanol–water partition coefficient (Wildman–Crippen LogP) is 2.15. The number of amides is 1. The number of likely N-dealkylation sites (tertiary alicyclic amines) is 1. The molecule has 21 heavy (non-hydrogen) atoms. The molecule has 1 aliphatic heterocycles. The topological polar surface area (TPSA) is 63.2 Å². The third kappa shape index (κ3) is 2.82. The number of ketones is 1. The summed E-state index contributed by atoms with van der Waals surface area (Å²) in [6, 6.07) is 0.0596. The Morgan fingerprint density at radius 2 is 2.05 bits per heavy atom. The minimum absolute atomic E-state index is 0.0349. The first-order valence-corrected chi connectivity index (χ1v) is 7.79. The molecule has 1 amide bonds. The molecule has 2 atom stereocenters. The molecule has 0 radical (unpaired) electrons. The van der Waals surface area contributed by atoms with Crippen molar-refractivity contribution in [2.24, 2.45) is 5.92 Å². The minimum atomic E-state index is -0.0769. The van der Waals surface area contributed by atoms with Crippen LogP contribution in [0.1, 0.15) is 54.7 Å². The fraction of sp³-hybridized carbons (Fsp3) is 0.625. The molecule has 2 unspecified atom stereocenters. The van der Waals surface area contributed by atoms with Crippen molar-refractivity contribution in [3.8, 4) is 0 Å². The molecule has 0 aromatic carbocycles. The third-order valence-corrected chi connectivity index (χ3v) is 4.63. The summed E-state index contributed by atoms with van der Waals surface area (Å²) < 4.78 is 0. The smallest absolute Gasteiger partial charge is 0.274 e. The molecule has 2 aliphatic rings. The van der Waals surface area contributed by atoms with Crippen molar-refractivity contribution >= 4 is 11.7 Å². The van der Waals surface area contributed by atoms with E-state index in [0.717, 1.165) is 44.3 Å². The Balaban J connectivity index is 1.81. The number of piperidine rings is 1. The van der Waals surface area contributed by atoms with Crippen molar-refractivity contribution in [1.82, 2.24) is 14.9 Å². The first-order chi connectivity index (χ1) is 10.2. The van der Waals surface area contributed by atoms with E-state index >= 15 is 0 Å². The Morgan fingerprint density at radius 3 is 2.71 bits per heavy atom. The maximum absolute atomic E-state index is 12.7. The molecule has 1 aliphatic carbocycles. The van der Waals surface area contributed by atoms with Crippen molar-refractivity contribution in [3.63, 3.8) is 0 Å². The van der Waals surface area contributed by atoms with Crippen molar-refractivity contribution in [2.75, 3.05) is 6.54 Å². The SMILES string of the molecule is Cc1cnc(C(=O)N2CCCCC2C2CCCC2=O)cn1. The van der Waals surface area contributed by atoms with Crippen molar-refractivity contribution in [1.29, 1.82) is 0 Å². The molecule has 1 saturated heterocycles. The molecule has 2 fully saturated rings. The Labute approximate surface area is 124 Å². The van der Waals surface area contributed by atoms with Gasteiger partial charge >= 0.3 is 0 Å². The lowest BCUT2D eigenvalue weighted by Gasteiger charge is -2.38. The van der Waals surface area contributed by atoms with E-state index in [-0.39, 0.29) is 17.9 Å². The fourth-order valence-electron chi connectivity index (χ4n) is 3.53. The average molecular weight is 287 g/mol. The summed E-state index contributed by atoms with van der Waals surface area (Å²) in [6.07, 6.45) is 8.75. The molecule has 5 nitrogen and oxygen atoms in total. The monoisotopic (exact) mass is 287 g/mol. The van der Waals surface area contributed by atoms with Crippen LogP contribution < -0.4 is 0 Å². The van der Waals surface area contributed by atoms with Crippen LogP contribution in [-0.4, -0.2) is 39.1 Å². The number of rotatable bonds is 2. The zero-order chi connectivity index (χ0) is 14.8. The molecule has 0 bridgehead atoms. The van der Waals surface area contributed by atoms with Crippen LogP contribution in [-0.2, 0) is 4.79 Å². The highest BCUT2D eigenvalue weighted by Crippen LogP contribution is 2.33. The highest BCUT2D eigenvalue weighted by molar-refractivity contribution is 5.93. The number of Topliss-reactive ketones (excluding diaryl/α,β-unsaturated/α-hetero) is 1. The van der Waals surface area contributed by atoms with E-state index in [0.29, 0.717) is 17.9 Å². The highest BCUT2D eigenvalue weighted by Gasteiger charge is 2.39. The fourth-order valence-corrected chi connectivity index (χ4v) is 3.53. The van der Waals surface area contributed by atoms with E-state index in [1.54, 1.807) is 12.4 Å². The largest absolute Gasteiger partial charge is 0.334 e. The maximum atomic E-state index is 12.7. The van der Waals surface area contributed by atoms with E-state index < -0.39 is 0 Å². The van der Waals surface area contributed by atoms with Gasteiger partial charge in [-0.25, -0.2) is 4.98 Å². The Morgan fingerprint density at radius 1 is 1.19 bits per heavy atom. The zero-order valence-corrected chi connectivity index (χ0v) is 12.4. The lowest BCUT2D eigenvalue weighted by Crippen LogP contribution is -2.48. The van der Waals surface area contributed by atoms with Gasteiger partial charge < -0.3 is 4.90 Å². The van der Waals surface area contributed by atoms with Gasteiger partial charge in [0.15, 0.2) is 0 Å². The van der Waals surface area contributed by atoms with Gasteiger partial charge in [-0.1, -0.05) is 0 Å². The van der Waals surface area contributed by atoms with Gasteiger partial charge in [-0.05, 0) is 39.0 Å². The molecule has 0 spiro atoms. The second-order valence-corrected chi connectivity index (χ2v) is 6.07. The van der Waals surface area contributed by atoms with Crippen LogP contribution in [0.5, 0.6) is 0 Å². The second-order valence-electron chi connectivity index (χ2n) is 6.07. The second kappa shape index (κ2) is 5.92. The highest BCUT2D eigenvalue weighted by atomic mass is 16.2. The molecular weight excluding hydrogens is 266 g/mol. The van der Waals surface area contributed by atoms with E-state index in [4.69, 9.17) is 0 Å². The lowest BCUT2D eigenvalue weighted by molar-refractivity contribution is -0.122. The van der Waals surface area contributed by atoms with Crippen molar-refractivity contribution in [3.05, 3.63) is 23.8 Å². The molecule has 2 heterocycles. The summed E-state index contributed by atoms with van der Waals surface area (Å²) >= 11 is 0. The normalized spacial score (nSPS) is 26.1. The Kier molecular flexibility index (Phi) is 3.99. The minimum Gasteiger partial charge on any atom is -0.334 e. The first-order valence-electron chi connectivity index (χ1n) is 7.79. The van der Waals surface area contributed by atoms with Gasteiger partial charge in [0.05, 0.1) is 11.9 Å². The first kappa shape index (κ1) is 14.2. The molecule has 3 rings (SSSR count). The summed E-state index contributed by atoms with van der Waals surface area (Å²) in [5.41, 5.74) is 1.19. The van der Waals surface area contributed by atoms with Crippen LogP contribution in [0.4, 0.5) is 0 Å². The molecular formula is C16H21N3O2. The number of carbonyl (C=O) groups is 2. The van der Waals surface area contributed by atoms with Crippen LogP contribution in [0.25, 0.3) is 0 Å². The zero-order valence-electron chi connectivity index (χ0n) is 12.4. The van der Waals surface area contributed by atoms with E-state index in [9.17, 15) is 9.59 Å². The number of carbonyl (C=O) groups excluding carboxylic acids is 2. The summed E-state index contributed by atoms with van der Waals surface area (Å²) in [5, 5.41) is 0. The van der Waals surface area contributed by atoms with Crippen molar-refractivity contribution < 1.29 is 9.59 Å². The average Bonchev–Trinajstić information content (AvgIpc) is 2.93. The van der Waals surface area contributed by atoms with E-state index in [1.807, 2.05) is 11.8 Å². The van der Waals surface area contributed by atoms with E-state index in [2.05, 4.69) is 9.97 Å². The summed E-state index contributed by atoms with van der Waals surface area (Å²) in [7, 11) is 0. The van der Waals surface area contributed by atoms with E-state index in [1.165, 1.54) is 0 Å². The van der Waals surface area contributed by atoms with Gasteiger partial charge in [-0.15, -0.1) is 0 Å². The van der Waals surface area contributed by atoms with Crippen LogP contribution in [0.3, 0.4) is 0 Å². The number of nitrogens with zero attached hydrogens (tertiary/aromatic N) is 3. The molecule has 112 valence electrons. The van der Waals surface area contributed by atoms with Gasteiger partial charge in [0, 0.05) is 31.1 Å². The molecule has 0 N–H and O–H groups in total. The van der Waals surface area contributed by atoms with Gasteiger partial charge in [0.1, 0.15) is 11.5 Å². The van der Waals surface area contributed by atoms with Crippen LogP contribution in [0.2, 0.25) is 0 Å². The molecule has 1 aromatic rings. The van der Waals surface area contributed by atoms with Crippen LogP contribution >= 0.6 is 0 Å². The lowest BCUT2D eigenvalue weighted by atomic mass is 9.88. The number of hydrogen-bond donors (Lipinski definition) is 0. The number of aryl methyl sites for hydroxylation is 1. The molecule has 1 saturated carbocycles. The van der Waals surface area contributed by atoms with Gasteiger partial charge in [-0.3, -0.25) is 14.6 Å². The van der Waals surface area contributed by atoms with Crippen molar-refractivity contribution in [2.45, 2.75) is 51.5 Å². The quantitative estimate of drug-likeness (QED) is 0.836. The summed E-state index contributed by atoms with van der Waals surface area (Å²) in [5.74, 6) is 0.286. The molecule has 5 heteroatoms. The third-order valence-electron chi connectivity index (χ3n) is 4.63. The number of aromatic nitrogens is 2. The number of hydrogen-bond acceptors (Lipinski definition) is 4. The van der Waals surface area contributed by atoms with Gasteiger partial charge in [-0.2, -0.15) is 0 Å². The Hall–Kier alpha value is -1.78. The van der Waals surface area contributed by atoms with Crippen LogP contribution in [0.15, 0.2) is 12.4 Å². The van der Waals surface area contributed by atoms with Gasteiger partial charge in [0.25, 0.3) is 5.91 Å². The van der Waals surface area contributed by atoms with Gasteiger partial charge in [0.2, 0.25) is 0 Å². The molecule has 1 aromatic heterocycles. The standard InChI is InChI=1S/C16H21N3O2/c1-11-9-18-13(10-17-11)16(21)19-8-3-2-6-14(19)12-5-4-7-15(12)20/h9-10,12,14H,2-8H2,1H3. The Bertz CT molecular complexity index is 541. The van der Waals surface area contributed by atoms with Crippen LogP contribution in [0, 0.1) is 12.8 Å².